The molecule has 0 atom stereocenters. The molecule has 2 rings (SSSR count). The van der Waals surface area contributed by atoms with E-state index in [-0.39, 0.29) is 5.97 Å². The summed E-state index contributed by atoms with van der Waals surface area (Å²) in [4.78, 5) is 18.9. The molecular weight excluding hydrogens is 276 g/mol. The van der Waals surface area contributed by atoms with E-state index >= 15 is 0 Å². The van der Waals surface area contributed by atoms with Gasteiger partial charge >= 0.3 is 5.97 Å². The zero-order valence-corrected chi connectivity index (χ0v) is 13.8. The number of nitrogens with zero attached hydrogens (tertiary/aromatic N) is 2. The quantitative estimate of drug-likeness (QED) is 0.591. The number of benzene rings is 1. The van der Waals surface area contributed by atoms with Crippen molar-refractivity contribution in [3.63, 3.8) is 0 Å². The first-order chi connectivity index (χ1) is 10.5. The minimum atomic E-state index is -0.358. The molecule has 0 radical (unpaired) electrons. The summed E-state index contributed by atoms with van der Waals surface area (Å²) in [5.74, 6) is 0.0742. The smallest absolute Gasteiger partial charge is 0.367 e. The molecule has 4 nitrogen and oxygen atoms in total. The molecule has 0 bridgehead atoms. The molecule has 1 heterocycles. The highest BCUT2D eigenvalue weighted by molar-refractivity contribution is 6.25. The van der Waals surface area contributed by atoms with E-state index in [1.165, 1.54) is 5.69 Å². The van der Waals surface area contributed by atoms with Gasteiger partial charge in [0.1, 0.15) is 0 Å². The Labute approximate surface area is 132 Å². The van der Waals surface area contributed by atoms with Crippen molar-refractivity contribution in [2.45, 2.75) is 34.1 Å². The van der Waals surface area contributed by atoms with Gasteiger partial charge in [0.2, 0.25) is 0 Å². The molecular formula is C18H24N2O2. The lowest BCUT2D eigenvalue weighted by Crippen LogP contribution is -2.21. The first-order valence-corrected chi connectivity index (χ1v) is 7.90. The Morgan fingerprint density at radius 1 is 1.18 bits per heavy atom. The second kappa shape index (κ2) is 7.25. The van der Waals surface area contributed by atoms with Gasteiger partial charge in [0.05, 0.1) is 11.3 Å². The van der Waals surface area contributed by atoms with Gasteiger partial charge in [0.15, 0.2) is 0 Å². The number of rotatable bonds is 6. The Morgan fingerprint density at radius 3 is 2.36 bits per heavy atom. The van der Waals surface area contributed by atoms with Gasteiger partial charge in [-0.15, -0.1) is 0 Å². The summed E-state index contributed by atoms with van der Waals surface area (Å²) in [6.07, 6.45) is 2.61. The van der Waals surface area contributed by atoms with E-state index in [1.54, 1.807) is 0 Å². The molecule has 0 saturated heterocycles. The van der Waals surface area contributed by atoms with E-state index in [4.69, 9.17) is 4.84 Å². The fraction of sp³-hybridized carbons (Fsp3) is 0.444. The van der Waals surface area contributed by atoms with Gasteiger partial charge in [-0.2, -0.15) is 0 Å². The Kier molecular flexibility index (Phi) is 5.36. The predicted octanol–water partition coefficient (Wildman–Crippen LogP) is 3.88. The molecule has 0 unspecified atom stereocenters. The largest absolute Gasteiger partial charge is 0.372 e. The third-order valence-corrected chi connectivity index (χ3v) is 3.70. The molecule has 1 aliphatic rings. The van der Waals surface area contributed by atoms with Gasteiger partial charge in [-0.25, -0.2) is 4.79 Å². The van der Waals surface area contributed by atoms with E-state index in [0.717, 1.165) is 30.8 Å². The van der Waals surface area contributed by atoms with Crippen LogP contribution in [0.15, 0.2) is 35.0 Å². The fourth-order valence-electron chi connectivity index (χ4n) is 2.53. The fourth-order valence-corrected chi connectivity index (χ4v) is 2.53. The molecule has 1 aliphatic heterocycles. The maximum absolute atomic E-state index is 11.8. The van der Waals surface area contributed by atoms with E-state index in [0.29, 0.717) is 11.5 Å². The summed E-state index contributed by atoms with van der Waals surface area (Å²) in [7, 11) is 0. The summed E-state index contributed by atoms with van der Waals surface area (Å²) in [6.45, 7) is 10.4. The number of hydrogen-bond acceptors (Lipinski definition) is 4. The van der Waals surface area contributed by atoms with Crippen LogP contribution in [0.25, 0.3) is 6.08 Å². The van der Waals surface area contributed by atoms with Crippen molar-refractivity contribution in [3.05, 3.63) is 35.4 Å². The molecule has 0 N–H and O–H groups in total. The van der Waals surface area contributed by atoms with Crippen molar-refractivity contribution in [1.29, 1.82) is 0 Å². The van der Waals surface area contributed by atoms with Crippen LogP contribution in [0.3, 0.4) is 0 Å². The molecule has 118 valence electrons. The molecule has 4 heteroatoms. The molecule has 0 saturated carbocycles. The van der Waals surface area contributed by atoms with Crippen LogP contribution >= 0.6 is 0 Å². The van der Waals surface area contributed by atoms with E-state index < -0.39 is 0 Å². The van der Waals surface area contributed by atoms with Crippen LogP contribution in [0.5, 0.6) is 0 Å². The van der Waals surface area contributed by atoms with Gasteiger partial charge < -0.3 is 9.74 Å². The third-order valence-electron chi connectivity index (χ3n) is 3.70. The number of hydrogen-bond donors (Lipinski definition) is 0. The highest BCUT2D eigenvalue weighted by atomic mass is 16.7. The lowest BCUT2D eigenvalue weighted by atomic mass is 9.99. The summed E-state index contributed by atoms with van der Waals surface area (Å²) in [5, 5.41) is 3.90. The summed E-state index contributed by atoms with van der Waals surface area (Å²) >= 11 is 0. The van der Waals surface area contributed by atoms with E-state index in [9.17, 15) is 4.79 Å². The minimum absolute atomic E-state index is 0.358. The summed E-state index contributed by atoms with van der Waals surface area (Å²) in [6, 6.07) is 8.22. The maximum Gasteiger partial charge on any atom is 0.367 e. The van der Waals surface area contributed by atoms with Crippen LogP contribution in [0.2, 0.25) is 0 Å². The molecule has 0 amide bonds. The standard InChI is InChI=1S/C18H24N2O2/c1-5-20(6-2)15-9-7-14(8-10-15)12-16-17(11-13(3)4)19-22-18(16)21/h7-10,12-13H,5-6,11H2,1-4H3. The average Bonchev–Trinajstić information content (AvgIpc) is 2.82. The number of carbonyl (C=O) groups excluding carboxylic acids is 1. The highest BCUT2D eigenvalue weighted by Gasteiger charge is 2.25. The van der Waals surface area contributed by atoms with Crippen molar-refractivity contribution >= 4 is 23.4 Å². The van der Waals surface area contributed by atoms with Crippen molar-refractivity contribution < 1.29 is 9.63 Å². The van der Waals surface area contributed by atoms with Gasteiger partial charge in [-0.1, -0.05) is 31.1 Å². The van der Waals surface area contributed by atoms with Crippen LogP contribution in [0, 0.1) is 5.92 Å². The summed E-state index contributed by atoms with van der Waals surface area (Å²) < 4.78 is 0. The van der Waals surface area contributed by atoms with Crippen LogP contribution in [-0.2, 0) is 9.63 Å². The number of carbonyl (C=O) groups is 1. The topological polar surface area (TPSA) is 41.9 Å². The van der Waals surface area contributed by atoms with Crippen LogP contribution in [0.1, 0.15) is 39.7 Å². The van der Waals surface area contributed by atoms with Crippen molar-refractivity contribution in [2.75, 3.05) is 18.0 Å². The van der Waals surface area contributed by atoms with Crippen molar-refractivity contribution in [1.82, 2.24) is 0 Å². The molecule has 1 aromatic rings. The number of anilines is 1. The molecule has 0 aliphatic carbocycles. The summed E-state index contributed by atoms with van der Waals surface area (Å²) in [5.41, 5.74) is 3.50. The SMILES string of the molecule is CCN(CC)c1ccc(C=C2C(=O)ON=C2CC(C)C)cc1. The Morgan fingerprint density at radius 2 is 1.82 bits per heavy atom. The molecule has 0 spiro atoms. The molecule has 1 aromatic carbocycles. The normalized spacial score (nSPS) is 16.1. The predicted molar refractivity (Wildman–Crippen MR) is 91.0 cm³/mol. The Bertz CT molecular complexity index is 582. The maximum atomic E-state index is 11.8. The first kappa shape index (κ1) is 16.3. The van der Waals surface area contributed by atoms with Crippen LogP contribution in [0.4, 0.5) is 5.69 Å². The van der Waals surface area contributed by atoms with Gasteiger partial charge in [0.25, 0.3) is 0 Å². The zero-order chi connectivity index (χ0) is 16.1. The Balaban J connectivity index is 2.21. The second-order valence-corrected chi connectivity index (χ2v) is 5.84. The highest BCUT2D eigenvalue weighted by Crippen LogP contribution is 2.22. The van der Waals surface area contributed by atoms with Crippen LogP contribution < -0.4 is 4.90 Å². The second-order valence-electron chi connectivity index (χ2n) is 5.84. The molecule has 0 aromatic heterocycles. The van der Waals surface area contributed by atoms with Crippen molar-refractivity contribution in [3.8, 4) is 0 Å². The van der Waals surface area contributed by atoms with E-state index in [1.807, 2.05) is 18.2 Å². The monoisotopic (exact) mass is 300 g/mol. The van der Waals surface area contributed by atoms with Gasteiger partial charge in [-0.05, 0) is 50.0 Å². The number of oxime groups is 1. The van der Waals surface area contributed by atoms with Crippen molar-refractivity contribution in [2.24, 2.45) is 11.1 Å². The van der Waals surface area contributed by atoms with Gasteiger partial charge in [-0.3, -0.25) is 0 Å². The lowest BCUT2D eigenvalue weighted by molar-refractivity contribution is -0.136. The average molecular weight is 300 g/mol. The molecule has 0 fully saturated rings. The van der Waals surface area contributed by atoms with Gasteiger partial charge in [0, 0.05) is 18.8 Å². The zero-order valence-electron chi connectivity index (χ0n) is 13.8. The minimum Gasteiger partial charge on any atom is -0.372 e. The van der Waals surface area contributed by atoms with E-state index in [2.05, 4.69) is 49.9 Å². The molecule has 22 heavy (non-hydrogen) atoms. The first-order valence-electron chi connectivity index (χ1n) is 7.90. The van der Waals surface area contributed by atoms with Crippen LogP contribution in [-0.4, -0.2) is 24.8 Å². The third kappa shape index (κ3) is 3.75. The lowest BCUT2D eigenvalue weighted by Gasteiger charge is -2.20. The Hall–Kier alpha value is -2.10.